The normalized spacial score (nSPS) is 27.9. The third-order valence-electron chi connectivity index (χ3n) is 4.83. The summed E-state index contributed by atoms with van der Waals surface area (Å²) in [6, 6.07) is 4.18. The molecule has 116 valence electrons. The van der Waals surface area contributed by atoms with Gasteiger partial charge in [0, 0.05) is 31.1 Å². The third kappa shape index (κ3) is 2.45. The molecular weight excluding hydrogens is 278 g/mol. The van der Waals surface area contributed by atoms with Crippen molar-refractivity contribution in [3.8, 4) is 0 Å². The predicted molar refractivity (Wildman–Crippen MR) is 81.4 cm³/mol. The topological polar surface area (TPSA) is 51.3 Å². The van der Waals surface area contributed by atoms with E-state index in [0.29, 0.717) is 6.04 Å². The van der Waals surface area contributed by atoms with Crippen molar-refractivity contribution in [3.05, 3.63) is 42.1 Å². The van der Waals surface area contributed by atoms with Crippen molar-refractivity contribution in [2.75, 3.05) is 13.1 Å². The molecule has 2 fully saturated rings. The van der Waals surface area contributed by atoms with E-state index in [1.54, 1.807) is 6.26 Å². The SMILES string of the molecule is Cc1cnn([C@@H]2CCCN(C(=O)[C@H]3C[C@H]3c3ccco3)C2)c1. The van der Waals surface area contributed by atoms with E-state index in [9.17, 15) is 4.79 Å². The molecule has 4 rings (SSSR count). The van der Waals surface area contributed by atoms with Crippen molar-refractivity contribution in [3.63, 3.8) is 0 Å². The summed E-state index contributed by atoms with van der Waals surface area (Å²) < 4.78 is 7.45. The Hall–Kier alpha value is -2.04. The molecule has 3 heterocycles. The van der Waals surface area contributed by atoms with Crippen molar-refractivity contribution < 1.29 is 9.21 Å². The van der Waals surface area contributed by atoms with Gasteiger partial charge in [0.15, 0.2) is 0 Å². The molecule has 0 spiro atoms. The zero-order valence-corrected chi connectivity index (χ0v) is 12.8. The number of aromatic nitrogens is 2. The lowest BCUT2D eigenvalue weighted by molar-refractivity contribution is -0.134. The highest BCUT2D eigenvalue weighted by Crippen LogP contribution is 2.49. The Kier molecular flexibility index (Phi) is 3.28. The molecule has 1 saturated carbocycles. The number of carbonyl (C=O) groups is 1. The minimum absolute atomic E-state index is 0.115. The van der Waals surface area contributed by atoms with Gasteiger partial charge in [-0.15, -0.1) is 0 Å². The van der Waals surface area contributed by atoms with Gasteiger partial charge in [0.05, 0.1) is 18.5 Å². The predicted octanol–water partition coefficient (Wildman–Crippen LogP) is 2.75. The molecule has 22 heavy (non-hydrogen) atoms. The number of aryl methyl sites for hydroxylation is 1. The fourth-order valence-electron chi connectivity index (χ4n) is 3.52. The highest BCUT2D eigenvalue weighted by molar-refractivity contribution is 5.83. The minimum Gasteiger partial charge on any atom is -0.469 e. The minimum atomic E-state index is 0.115. The number of furan rings is 1. The fourth-order valence-corrected chi connectivity index (χ4v) is 3.52. The van der Waals surface area contributed by atoms with Crippen molar-refractivity contribution in [1.29, 1.82) is 0 Å². The van der Waals surface area contributed by atoms with Gasteiger partial charge in [0.1, 0.15) is 5.76 Å². The number of amides is 1. The zero-order chi connectivity index (χ0) is 15.1. The average Bonchev–Trinajstić information content (AvgIpc) is 2.95. The van der Waals surface area contributed by atoms with Crippen LogP contribution in [0.5, 0.6) is 0 Å². The Labute approximate surface area is 129 Å². The first-order valence-corrected chi connectivity index (χ1v) is 8.05. The van der Waals surface area contributed by atoms with E-state index in [-0.39, 0.29) is 17.7 Å². The molecule has 1 aliphatic carbocycles. The van der Waals surface area contributed by atoms with Crippen LogP contribution in [0.15, 0.2) is 35.2 Å². The smallest absolute Gasteiger partial charge is 0.226 e. The number of carbonyl (C=O) groups excluding carboxylic acids is 1. The second-order valence-electron chi connectivity index (χ2n) is 6.54. The molecule has 3 atom stereocenters. The largest absolute Gasteiger partial charge is 0.469 e. The van der Waals surface area contributed by atoms with Crippen LogP contribution in [0.4, 0.5) is 0 Å². The van der Waals surface area contributed by atoms with Gasteiger partial charge >= 0.3 is 0 Å². The van der Waals surface area contributed by atoms with Gasteiger partial charge in [-0.25, -0.2) is 0 Å². The van der Waals surface area contributed by atoms with E-state index in [1.807, 2.05) is 34.8 Å². The Morgan fingerprint density at radius 1 is 1.45 bits per heavy atom. The number of piperidine rings is 1. The van der Waals surface area contributed by atoms with Crippen LogP contribution in [0.3, 0.4) is 0 Å². The maximum Gasteiger partial charge on any atom is 0.226 e. The van der Waals surface area contributed by atoms with Crippen LogP contribution in [0.2, 0.25) is 0 Å². The van der Waals surface area contributed by atoms with E-state index < -0.39 is 0 Å². The zero-order valence-electron chi connectivity index (χ0n) is 12.8. The summed E-state index contributed by atoms with van der Waals surface area (Å²) in [6.45, 7) is 3.70. The van der Waals surface area contributed by atoms with Crippen molar-refractivity contribution >= 4 is 5.91 Å². The summed E-state index contributed by atoms with van der Waals surface area (Å²) in [5.41, 5.74) is 1.17. The van der Waals surface area contributed by atoms with Gasteiger partial charge < -0.3 is 9.32 Å². The molecule has 0 N–H and O–H groups in total. The molecule has 0 radical (unpaired) electrons. The quantitative estimate of drug-likeness (QED) is 0.875. The highest BCUT2D eigenvalue weighted by Gasteiger charge is 2.48. The lowest BCUT2D eigenvalue weighted by Crippen LogP contribution is -2.41. The van der Waals surface area contributed by atoms with Gasteiger partial charge in [-0.1, -0.05) is 0 Å². The average molecular weight is 299 g/mol. The molecule has 0 bridgehead atoms. The standard InChI is InChI=1S/C17H21N3O2/c1-12-9-18-20(10-12)13-4-2-6-19(11-13)17(21)15-8-14(15)16-5-3-7-22-16/h3,5,7,9-10,13-15H,2,4,6,8,11H2,1H3/t13-,14-,15+/m1/s1. The first kappa shape index (κ1) is 13.6. The van der Waals surface area contributed by atoms with Gasteiger partial charge in [-0.3, -0.25) is 9.48 Å². The Morgan fingerprint density at radius 2 is 2.36 bits per heavy atom. The van der Waals surface area contributed by atoms with Gasteiger partial charge in [0.2, 0.25) is 5.91 Å². The second-order valence-corrected chi connectivity index (χ2v) is 6.54. The van der Waals surface area contributed by atoms with Crippen molar-refractivity contribution in [2.45, 2.75) is 38.1 Å². The van der Waals surface area contributed by atoms with Crippen LogP contribution in [-0.2, 0) is 4.79 Å². The molecule has 5 nitrogen and oxygen atoms in total. The molecular formula is C17H21N3O2. The number of hydrogen-bond donors (Lipinski definition) is 0. The molecule has 5 heteroatoms. The Morgan fingerprint density at radius 3 is 3.09 bits per heavy atom. The number of likely N-dealkylation sites (tertiary alicyclic amines) is 1. The highest BCUT2D eigenvalue weighted by atomic mass is 16.3. The van der Waals surface area contributed by atoms with Crippen LogP contribution in [0, 0.1) is 12.8 Å². The molecule has 1 aliphatic heterocycles. The maximum absolute atomic E-state index is 12.7. The number of rotatable bonds is 3. The summed E-state index contributed by atoms with van der Waals surface area (Å²) in [4.78, 5) is 14.7. The molecule has 0 unspecified atom stereocenters. The van der Waals surface area contributed by atoms with Crippen LogP contribution in [-0.4, -0.2) is 33.7 Å². The monoisotopic (exact) mass is 299 g/mol. The molecule has 2 aliphatic rings. The number of nitrogens with zero attached hydrogens (tertiary/aromatic N) is 3. The molecule has 2 aromatic rings. The van der Waals surface area contributed by atoms with Crippen molar-refractivity contribution in [2.24, 2.45) is 5.92 Å². The lowest BCUT2D eigenvalue weighted by atomic mass is 10.0. The molecule has 0 aromatic carbocycles. The molecule has 1 amide bonds. The van der Waals surface area contributed by atoms with E-state index in [0.717, 1.165) is 38.1 Å². The first-order valence-electron chi connectivity index (χ1n) is 8.05. The van der Waals surface area contributed by atoms with Crippen LogP contribution in [0.1, 0.15) is 42.5 Å². The van der Waals surface area contributed by atoms with Crippen LogP contribution in [0.25, 0.3) is 0 Å². The summed E-state index contributed by atoms with van der Waals surface area (Å²) >= 11 is 0. The van der Waals surface area contributed by atoms with Crippen LogP contribution < -0.4 is 0 Å². The number of hydrogen-bond acceptors (Lipinski definition) is 3. The molecule has 2 aromatic heterocycles. The maximum atomic E-state index is 12.7. The van der Waals surface area contributed by atoms with E-state index in [2.05, 4.69) is 11.3 Å². The fraction of sp³-hybridized carbons (Fsp3) is 0.529. The lowest BCUT2D eigenvalue weighted by Gasteiger charge is -2.33. The van der Waals surface area contributed by atoms with Crippen LogP contribution >= 0.6 is 0 Å². The van der Waals surface area contributed by atoms with Gasteiger partial charge in [0.25, 0.3) is 0 Å². The second kappa shape index (κ2) is 5.30. The van der Waals surface area contributed by atoms with Crippen molar-refractivity contribution in [1.82, 2.24) is 14.7 Å². The van der Waals surface area contributed by atoms with E-state index in [4.69, 9.17) is 4.42 Å². The Balaban J connectivity index is 1.41. The summed E-state index contributed by atoms with van der Waals surface area (Å²) in [6.07, 6.45) is 8.71. The first-order chi connectivity index (χ1) is 10.7. The summed E-state index contributed by atoms with van der Waals surface area (Å²) in [5, 5.41) is 4.41. The van der Waals surface area contributed by atoms with E-state index >= 15 is 0 Å². The van der Waals surface area contributed by atoms with E-state index in [1.165, 1.54) is 5.56 Å². The van der Waals surface area contributed by atoms with Gasteiger partial charge in [-0.05, 0) is 43.9 Å². The summed E-state index contributed by atoms with van der Waals surface area (Å²) in [5.74, 6) is 1.64. The summed E-state index contributed by atoms with van der Waals surface area (Å²) in [7, 11) is 0. The Bertz CT molecular complexity index is 661. The van der Waals surface area contributed by atoms with Gasteiger partial charge in [-0.2, -0.15) is 5.10 Å². The third-order valence-corrected chi connectivity index (χ3v) is 4.83. The molecule has 1 saturated heterocycles.